The number of aryl methyl sites for hydroxylation is 3. The Morgan fingerprint density at radius 2 is 1.82 bits per heavy atom. The highest BCUT2D eigenvalue weighted by Gasteiger charge is 2.22. The molecule has 0 atom stereocenters. The van der Waals surface area contributed by atoms with Gasteiger partial charge in [0.25, 0.3) is 10.0 Å². The third kappa shape index (κ3) is 4.26. The number of fused-ring (bicyclic) bond motifs is 2. The van der Waals surface area contributed by atoms with E-state index in [0.29, 0.717) is 21.8 Å². The summed E-state index contributed by atoms with van der Waals surface area (Å²) in [6.07, 6.45) is 6.86. The topological polar surface area (TPSA) is 128 Å². The minimum Gasteiger partial charge on any atom is -0.397 e. The summed E-state index contributed by atoms with van der Waals surface area (Å²) in [6.45, 7) is 1.74. The molecule has 1 aliphatic rings. The van der Waals surface area contributed by atoms with Gasteiger partial charge < -0.3 is 5.73 Å². The van der Waals surface area contributed by atoms with Crippen LogP contribution in [0.2, 0.25) is 0 Å². The summed E-state index contributed by atoms with van der Waals surface area (Å²) in [6, 6.07) is 9.50. The number of nitrogen functional groups attached to an aromatic ring is 1. The van der Waals surface area contributed by atoms with E-state index >= 15 is 0 Å². The molecule has 3 N–H and O–H groups in total. The van der Waals surface area contributed by atoms with Crippen LogP contribution >= 0.6 is 11.3 Å². The van der Waals surface area contributed by atoms with Gasteiger partial charge in [-0.1, -0.05) is 6.42 Å². The average Bonchev–Trinajstić information content (AvgIpc) is 2.97. The first-order valence-corrected chi connectivity index (χ1v) is 13.3. The first-order valence-electron chi connectivity index (χ1n) is 11.0. The lowest BCUT2D eigenvalue weighted by molar-refractivity contribution is 0.104. The van der Waals surface area contributed by atoms with E-state index in [-0.39, 0.29) is 16.6 Å². The van der Waals surface area contributed by atoms with Gasteiger partial charge in [-0.3, -0.25) is 4.79 Å². The number of nitrogens with one attached hydrogen (secondary N) is 1. The van der Waals surface area contributed by atoms with Crippen LogP contribution in [0.4, 0.5) is 11.6 Å². The Kier molecular flexibility index (Phi) is 5.78. The number of hydrogen-bond donors (Lipinski definition) is 2. The lowest BCUT2D eigenvalue weighted by atomic mass is 10.1. The largest absolute Gasteiger partial charge is 0.397 e. The predicted molar refractivity (Wildman–Crippen MR) is 133 cm³/mol. The van der Waals surface area contributed by atoms with Crippen LogP contribution in [0.5, 0.6) is 0 Å². The normalized spacial score (nSPS) is 13.9. The summed E-state index contributed by atoms with van der Waals surface area (Å²) in [5.41, 5.74) is 10.1. The van der Waals surface area contributed by atoms with Crippen molar-refractivity contribution in [2.45, 2.75) is 43.9 Å². The van der Waals surface area contributed by atoms with E-state index in [1.54, 1.807) is 13.0 Å². The maximum Gasteiger partial charge on any atom is 0.264 e. The summed E-state index contributed by atoms with van der Waals surface area (Å²) < 4.78 is 27.7. The summed E-state index contributed by atoms with van der Waals surface area (Å²) in [4.78, 5) is 27.2. The quantitative estimate of drug-likeness (QED) is 0.314. The van der Waals surface area contributed by atoms with Gasteiger partial charge in [0.1, 0.15) is 9.71 Å². The van der Waals surface area contributed by atoms with Crippen molar-refractivity contribution in [1.82, 2.24) is 15.0 Å². The van der Waals surface area contributed by atoms with Gasteiger partial charge in [0.2, 0.25) is 11.7 Å². The Balaban J connectivity index is 1.42. The molecular formula is C24H23N5O3S2. The minimum absolute atomic E-state index is 0.00359. The van der Waals surface area contributed by atoms with E-state index in [0.717, 1.165) is 41.6 Å². The molecule has 10 heteroatoms. The van der Waals surface area contributed by atoms with Crippen LogP contribution in [-0.4, -0.2) is 29.2 Å². The number of nitrogens with two attached hydrogens (primary N) is 1. The number of aromatic nitrogens is 3. The molecule has 0 spiro atoms. The summed E-state index contributed by atoms with van der Waals surface area (Å²) >= 11 is 1.29. The Hall–Kier alpha value is -3.37. The van der Waals surface area contributed by atoms with Gasteiger partial charge >= 0.3 is 0 Å². The van der Waals surface area contributed by atoms with E-state index in [1.165, 1.54) is 53.8 Å². The van der Waals surface area contributed by atoms with Gasteiger partial charge in [-0.05, 0) is 74.6 Å². The average molecular weight is 494 g/mol. The maximum atomic E-state index is 13.2. The van der Waals surface area contributed by atoms with Gasteiger partial charge in [-0.25, -0.2) is 28.1 Å². The molecule has 3 heterocycles. The number of sulfonamides is 1. The standard InChI is InChI=1S/C24H23N5O3S2/c1-14-11-12-26-24(27-14)29-34(31,32)17-9-7-15(8-10-17)21(30)22-20(25)18-13-16-5-3-2-4-6-19(16)28-23(18)33-22/h7-13H,2-6,25H2,1H3,(H,26,27,29). The van der Waals surface area contributed by atoms with Crippen molar-refractivity contribution in [1.29, 1.82) is 0 Å². The smallest absolute Gasteiger partial charge is 0.264 e. The highest BCUT2D eigenvalue weighted by atomic mass is 32.2. The zero-order valence-electron chi connectivity index (χ0n) is 18.5. The predicted octanol–water partition coefficient (Wildman–Crippen LogP) is 4.28. The van der Waals surface area contributed by atoms with Crippen molar-refractivity contribution in [2.24, 2.45) is 0 Å². The number of rotatable bonds is 5. The fourth-order valence-corrected chi connectivity index (χ4v) is 6.11. The van der Waals surface area contributed by atoms with Crippen molar-refractivity contribution in [3.63, 3.8) is 0 Å². The molecule has 0 saturated carbocycles. The first-order chi connectivity index (χ1) is 16.3. The van der Waals surface area contributed by atoms with Crippen molar-refractivity contribution < 1.29 is 13.2 Å². The van der Waals surface area contributed by atoms with E-state index < -0.39 is 10.0 Å². The number of benzene rings is 1. The second-order valence-corrected chi connectivity index (χ2v) is 11.0. The molecule has 1 aliphatic carbocycles. The number of thiophene rings is 1. The Morgan fingerprint density at radius 1 is 1.06 bits per heavy atom. The highest BCUT2D eigenvalue weighted by molar-refractivity contribution is 7.92. The monoisotopic (exact) mass is 493 g/mol. The number of anilines is 2. The molecule has 0 saturated heterocycles. The molecule has 0 unspecified atom stereocenters. The van der Waals surface area contributed by atoms with E-state index in [4.69, 9.17) is 10.7 Å². The van der Waals surface area contributed by atoms with Crippen LogP contribution in [0.3, 0.4) is 0 Å². The van der Waals surface area contributed by atoms with Crippen LogP contribution in [0, 0.1) is 6.92 Å². The lowest BCUT2D eigenvalue weighted by Gasteiger charge is -2.07. The number of hydrogen-bond acceptors (Lipinski definition) is 8. The van der Waals surface area contributed by atoms with Crippen molar-refractivity contribution in [3.05, 3.63) is 70.0 Å². The summed E-state index contributed by atoms with van der Waals surface area (Å²) in [5.74, 6) is -0.265. The Bertz CT molecular complexity index is 1510. The molecule has 174 valence electrons. The van der Waals surface area contributed by atoms with Crippen LogP contribution in [0.1, 0.15) is 51.4 Å². The fraction of sp³-hybridized carbons (Fsp3) is 0.250. The molecule has 1 aromatic carbocycles. The fourth-order valence-electron chi connectivity index (χ4n) is 4.10. The summed E-state index contributed by atoms with van der Waals surface area (Å²) in [5, 5.41) is 0.815. The molecule has 0 amide bonds. The SMILES string of the molecule is Cc1ccnc(NS(=O)(=O)c2ccc(C(=O)c3sc4nc5c(cc4c3N)CCCCC5)cc2)n1. The van der Waals surface area contributed by atoms with Crippen molar-refractivity contribution in [2.75, 3.05) is 10.5 Å². The molecule has 0 fully saturated rings. The van der Waals surface area contributed by atoms with Crippen LogP contribution < -0.4 is 10.5 Å². The maximum absolute atomic E-state index is 13.2. The van der Waals surface area contributed by atoms with Gasteiger partial charge in [0.05, 0.1) is 10.6 Å². The third-order valence-corrected chi connectivity index (χ3v) is 8.36. The Morgan fingerprint density at radius 3 is 2.59 bits per heavy atom. The highest BCUT2D eigenvalue weighted by Crippen LogP contribution is 2.36. The molecule has 0 radical (unpaired) electrons. The second kappa shape index (κ2) is 8.77. The lowest BCUT2D eigenvalue weighted by Crippen LogP contribution is -2.15. The molecule has 0 aliphatic heterocycles. The third-order valence-electron chi connectivity index (χ3n) is 5.90. The molecule has 0 bridgehead atoms. The van der Waals surface area contributed by atoms with Gasteiger partial charge in [0, 0.05) is 28.5 Å². The zero-order valence-corrected chi connectivity index (χ0v) is 20.2. The molecule has 8 nitrogen and oxygen atoms in total. The number of carbonyl (C=O) groups excluding carboxylic acids is 1. The van der Waals surface area contributed by atoms with Crippen molar-refractivity contribution in [3.8, 4) is 0 Å². The van der Waals surface area contributed by atoms with Crippen LogP contribution in [0.25, 0.3) is 10.2 Å². The molecule has 34 heavy (non-hydrogen) atoms. The summed E-state index contributed by atoms with van der Waals surface area (Å²) in [7, 11) is -3.90. The number of ketones is 1. The van der Waals surface area contributed by atoms with Gasteiger partial charge in [-0.2, -0.15) is 0 Å². The van der Waals surface area contributed by atoms with Crippen molar-refractivity contribution >= 4 is 49.0 Å². The molecule has 4 aromatic rings. The van der Waals surface area contributed by atoms with Crippen LogP contribution in [0.15, 0.2) is 47.5 Å². The zero-order chi connectivity index (χ0) is 23.9. The van der Waals surface area contributed by atoms with E-state index in [2.05, 4.69) is 20.8 Å². The minimum atomic E-state index is -3.90. The van der Waals surface area contributed by atoms with E-state index in [1.807, 2.05) is 0 Å². The number of carbonyl (C=O) groups is 1. The molecule has 5 rings (SSSR count). The number of pyridine rings is 1. The first kappa shape index (κ1) is 22.4. The molecular weight excluding hydrogens is 470 g/mol. The second-order valence-electron chi connectivity index (χ2n) is 8.33. The van der Waals surface area contributed by atoms with E-state index in [9.17, 15) is 13.2 Å². The number of nitrogens with zero attached hydrogens (tertiary/aromatic N) is 3. The van der Waals surface area contributed by atoms with Crippen LogP contribution in [-0.2, 0) is 22.9 Å². The molecule has 3 aromatic heterocycles. The Labute approximate surface area is 201 Å². The van der Waals surface area contributed by atoms with Gasteiger partial charge in [-0.15, -0.1) is 11.3 Å². The van der Waals surface area contributed by atoms with Gasteiger partial charge in [0.15, 0.2) is 0 Å².